The number of nitrogens with two attached hydrogens (primary N) is 1. The Hall–Kier alpha value is -3.66. The highest BCUT2D eigenvalue weighted by Crippen LogP contribution is 2.32. The zero-order valence-corrected chi connectivity index (χ0v) is 17.8. The summed E-state index contributed by atoms with van der Waals surface area (Å²) in [5.41, 5.74) is 12.3. The first kappa shape index (κ1) is 20.6. The Labute approximate surface area is 183 Å². The number of aromatic nitrogens is 2. The van der Waals surface area contributed by atoms with Crippen molar-refractivity contribution in [3.05, 3.63) is 96.1 Å². The fourth-order valence-electron chi connectivity index (χ4n) is 3.62. The lowest BCUT2D eigenvalue weighted by Gasteiger charge is -2.15. The molecule has 0 amide bonds. The van der Waals surface area contributed by atoms with E-state index in [1.807, 2.05) is 60.7 Å². The molecule has 3 aromatic carbocycles. The topological polar surface area (TPSA) is 61.0 Å². The Balaban J connectivity index is 1.65. The van der Waals surface area contributed by atoms with Crippen LogP contribution >= 0.6 is 0 Å². The zero-order chi connectivity index (χ0) is 21.5. The van der Waals surface area contributed by atoms with Crippen molar-refractivity contribution in [1.82, 2.24) is 9.97 Å². The molecule has 4 rings (SSSR count). The van der Waals surface area contributed by atoms with Crippen molar-refractivity contribution in [2.75, 3.05) is 5.73 Å². The molecule has 0 radical (unpaired) electrons. The van der Waals surface area contributed by atoms with E-state index in [0.29, 0.717) is 12.6 Å². The first-order chi connectivity index (χ1) is 15.2. The van der Waals surface area contributed by atoms with Crippen LogP contribution in [0.25, 0.3) is 22.5 Å². The minimum atomic E-state index is 0.290. The summed E-state index contributed by atoms with van der Waals surface area (Å²) in [6, 6.07) is 28.4. The summed E-state index contributed by atoms with van der Waals surface area (Å²) in [7, 11) is 0. The Kier molecular flexibility index (Phi) is 6.58. The van der Waals surface area contributed by atoms with Crippen molar-refractivity contribution in [2.45, 2.75) is 32.8 Å². The number of rotatable bonds is 8. The van der Waals surface area contributed by atoms with E-state index in [4.69, 9.17) is 10.5 Å². The van der Waals surface area contributed by atoms with Crippen LogP contribution in [-0.4, -0.2) is 9.97 Å². The molecular weight excluding hydrogens is 382 g/mol. The summed E-state index contributed by atoms with van der Waals surface area (Å²) in [4.78, 5) is 9.24. The second-order valence-corrected chi connectivity index (χ2v) is 7.53. The molecule has 156 valence electrons. The Morgan fingerprint density at radius 3 is 1.94 bits per heavy atom. The van der Waals surface area contributed by atoms with Gasteiger partial charge in [0.1, 0.15) is 12.4 Å². The summed E-state index contributed by atoms with van der Waals surface area (Å²) >= 11 is 0. The van der Waals surface area contributed by atoms with Crippen molar-refractivity contribution < 1.29 is 4.74 Å². The molecule has 0 bridgehead atoms. The van der Waals surface area contributed by atoms with Crippen LogP contribution in [0.2, 0.25) is 0 Å². The van der Waals surface area contributed by atoms with E-state index >= 15 is 0 Å². The fourth-order valence-corrected chi connectivity index (χ4v) is 3.62. The lowest BCUT2D eigenvalue weighted by atomic mass is 9.96. The van der Waals surface area contributed by atoms with E-state index in [-0.39, 0.29) is 0 Å². The van der Waals surface area contributed by atoms with Crippen LogP contribution < -0.4 is 10.5 Å². The number of hydrogen-bond donors (Lipinski definition) is 1. The van der Waals surface area contributed by atoms with E-state index in [1.165, 1.54) is 0 Å². The van der Waals surface area contributed by atoms with Gasteiger partial charge < -0.3 is 10.5 Å². The Bertz CT molecular complexity index is 1110. The van der Waals surface area contributed by atoms with Gasteiger partial charge in [-0.2, -0.15) is 0 Å². The molecule has 0 atom stereocenters. The van der Waals surface area contributed by atoms with E-state index < -0.39 is 0 Å². The number of hydrogen-bond acceptors (Lipinski definition) is 4. The van der Waals surface area contributed by atoms with Crippen LogP contribution in [0.15, 0.2) is 84.9 Å². The molecule has 1 aromatic heterocycles. The van der Waals surface area contributed by atoms with Crippen LogP contribution in [0.5, 0.6) is 5.75 Å². The average Bonchev–Trinajstić information content (AvgIpc) is 2.83. The van der Waals surface area contributed by atoms with Gasteiger partial charge >= 0.3 is 0 Å². The molecule has 0 aliphatic carbocycles. The van der Waals surface area contributed by atoms with E-state index in [9.17, 15) is 0 Å². The minimum absolute atomic E-state index is 0.290. The van der Waals surface area contributed by atoms with Gasteiger partial charge in [0, 0.05) is 16.7 Å². The average molecular weight is 410 g/mol. The molecule has 1 heterocycles. The number of benzene rings is 3. The van der Waals surface area contributed by atoms with Gasteiger partial charge in [-0.15, -0.1) is 0 Å². The molecule has 4 heteroatoms. The smallest absolute Gasteiger partial charge is 0.221 e. The molecule has 2 N–H and O–H groups in total. The van der Waals surface area contributed by atoms with E-state index in [0.717, 1.165) is 58.7 Å². The monoisotopic (exact) mass is 409 g/mol. The molecule has 0 spiro atoms. The third-order valence-corrected chi connectivity index (χ3v) is 5.23. The highest BCUT2D eigenvalue weighted by atomic mass is 16.5. The number of ether oxygens (including phenoxy) is 1. The van der Waals surface area contributed by atoms with Gasteiger partial charge in [0.25, 0.3) is 0 Å². The molecule has 4 aromatic rings. The van der Waals surface area contributed by atoms with Gasteiger partial charge in [0.15, 0.2) is 0 Å². The molecule has 0 aliphatic rings. The van der Waals surface area contributed by atoms with Crippen molar-refractivity contribution >= 4 is 5.95 Å². The Morgan fingerprint density at radius 1 is 0.742 bits per heavy atom. The molecule has 0 saturated heterocycles. The van der Waals surface area contributed by atoms with Gasteiger partial charge in [0.2, 0.25) is 5.95 Å². The normalized spacial score (nSPS) is 10.7. The molecule has 4 nitrogen and oxygen atoms in total. The SMILES string of the molecule is CCCCc1c(-c2ccccc2)nc(N)nc1-c1ccc(OCc2ccccc2)cc1. The predicted octanol–water partition coefficient (Wildman–Crippen LogP) is 6.31. The molecule has 0 saturated carbocycles. The predicted molar refractivity (Wildman–Crippen MR) is 127 cm³/mol. The maximum absolute atomic E-state index is 6.13. The quantitative estimate of drug-likeness (QED) is 0.370. The Morgan fingerprint density at radius 2 is 1.32 bits per heavy atom. The maximum atomic E-state index is 6.13. The summed E-state index contributed by atoms with van der Waals surface area (Å²) in [5, 5.41) is 0. The molecule has 0 fully saturated rings. The van der Waals surface area contributed by atoms with Crippen LogP contribution in [0.1, 0.15) is 30.9 Å². The fraction of sp³-hybridized carbons (Fsp3) is 0.185. The van der Waals surface area contributed by atoms with Crippen molar-refractivity contribution in [1.29, 1.82) is 0 Å². The van der Waals surface area contributed by atoms with Gasteiger partial charge in [-0.25, -0.2) is 9.97 Å². The van der Waals surface area contributed by atoms with Crippen molar-refractivity contribution in [2.24, 2.45) is 0 Å². The van der Waals surface area contributed by atoms with Gasteiger partial charge in [-0.05, 0) is 42.7 Å². The molecule has 31 heavy (non-hydrogen) atoms. The van der Waals surface area contributed by atoms with Crippen molar-refractivity contribution in [3.8, 4) is 28.3 Å². The van der Waals surface area contributed by atoms with Gasteiger partial charge in [-0.1, -0.05) is 74.0 Å². The largest absolute Gasteiger partial charge is 0.489 e. The number of unbranched alkanes of at least 4 members (excludes halogenated alkanes) is 1. The summed E-state index contributed by atoms with van der Waals surface area (Å²) in [6.45, 7) is 2.74. The summed E-state index contributed by atoms with van der Waals surface area (Å²) in [5.74, 6) is 1.12. The number of anilines is 1. The van der Waals surface area contributed by atoms with Gasteiger partial charge in [-0.3, -0.25) is 0 Å². The summed E-state index contributed by atoms with van der Waals surface area (Å²) in [6.07, 6.45) is 3.07. The van der Waals surface area contributed by atoms with Crippen LogP contribution in [-0.2, 0) is 13.0 Å². The zero-order valence-electron chi connectivity index (χ0n) is 17.8. The van der Waals surface area contributed by atoms with Crippen molar-refractivity contribution in [3.63, 3.8) is 0 Å². The highest BCUT2D eigenvalue weighted by Gasteiger charge is 2.16. The number of nitrogen functional groups attached to an aromatic ring is 1. The lowest BCUT2D eigenvalue weighted by Crippen LogP contribution is -2.05. The van der Waals surface area contributed by atoms with E-state index in [2.05, 4.69) is 41.2 Å². The highest BCUT2D eigenvalue weighted by molar-refractivity contribution is 5.75. The van der Waals surface area contributed by atoms with E-state index in [1.54, 1.807) is 0 Å². The summed E-state index contributed by atoms with van der Waals surface area (Å²) < 4.78 is 5.94. The maximum Gasteiger partial charge on any atom is 0.221 e. The first-order valence-electron chi connectivity index (χ1n) is 10.7. The molecule has 0 aliphatic heterocycles. The second kappa shape index (κ2) is 9.90. The standard InChI is InChI=1S/C27H27N3O/c1-2-3-14-24-25(21-12-8-5-9-13-21)29-27(28)30-26(24)22-15-17-23(18-16-22)31-19-20-10-6-4-7-11-20/h4-13,15-18H,2-3,14,19H2,1H3,(H2,28,29,30). The van der Waals surface area contributed by atoms with Crippen LogP contribution in [0.3, 0.4) is 0 Å². The lowest BCUT2D eigenvalue weighted by molar-refractivity contribution is 0.306. The third-order valence-electron chi connectivity index (χ3n) is 5.23. The van der Waals surface area contributed by atoms with Crippen LogP contribution in [0, 0.1) is 0 Å². The minimum Gasteiger partial charge on any atom is -0.489 e. The third kappa shape index (κ3) is 5.10. The molecule has 0 unspecified atom stereocenters. The second-order valence-electron chi connectivity index (χ2n) is 7.53. The van der Waals surface area contributed by atoms with Gasteiger partial charge in [0.05, 0.1) is 11.4 Å². The molecular formula is C27H27N3O. The van der Waals surface area contributed by atoms with Crippen LogP contribution in [0.4, 0.5) is 5.95 Å². The number of nitrogens with zero attached hydrogens (tertiary/aromatic N) is 2. The first-order valence-corrected chi connectivity index (χ1v) is 10.7.